The highest BCUT2D eigenvalue weighted by atomic mass is 16.5. The molecule has 106 valence electrons. The maximum Gasteiger partial charge on any atom is 0.231 e. The number of phenolic OH excluding ortho intramolecular Hbond substituents is 1. The van der Waals surface area contributed by atoms with Gasteiger partial charge in [-0.3, -0.25) is 0 Å². The Bertz CT molecular complexity index is 778. The first-order chi connectivity index (χ1) is 10.1. The van der Waals surface area contributed by atoms with Crippen molar-refractivity contribution in [2.75, 3.05) is 0 Å². The molecule has 1 heterocycles. The Morgan fingerprint density at radius 2 is 1.90 bits per heavy atom. The average molecular weight is 280 g/mol. The van der Waals surface area contributed by atoms with Gasteiger partial charge < -0.3 is 9.63 Å². The number of hydrogen-bond donors (Lipinski definition) is 1. The van der Waals surface area contributed by atoms with E-state index >= 15 is 0 Å². The van der Waals surface area contributed by atoms with Gasteiger partial charge in [-0.05, 0) is 42.7 Å². The summed E-state index contributed by atoms with van der Waals surface area (Å²) >= 11 is 0. The van der Waals surface area contributed by atoms with Crippen LogP contribution in [0.1, 0.15) is 22.6 Å². The fraction of sp³-hybridized carbons (Fsp3) is 0.176. The average Bonchev–Trinajstić information content (AvgIpc) is 2.91. The standard InChI is InChI=1S/C17H16N2O2/c1-11-6-7-13(8-12(11)2)9-16-18-17(19-21-16)14-4-3-5-15(20)10-14/h3-8,10,20H,9H2,1-2H3. The Balaban J connectivity index is 1.83. The highest BCUT2D eigenvalue weighted by Gasteiger charge is 2.10. The maximum atomic E-state index is 9.49. The van der Waals surface area contributed by atoms with E-state index in [1.54, 1.807) is 18.2 Å². The molecule has 0 amide bonds. The molecule has 0 aliphatic heterocycles. The topological polar surface area (TPSA) is 59.2 Å². The lowest BCUT2D eigenvalue weighted by Gasteiger charge is -2.02. The summed E-state index contributed by atoms with van der Waals surface area (Å²) in [5, 5.41) is 13.5. The first-order valence-electron chi connectivity index (χ1n) is 6.80. The summed E-state index contributed by atoms with van der Waals surface area (Å²) in [5.74, 6) is 1.24. The van der Waals surface area contributed by atoms with E-state index in [0.717, 1.165) is 11.1 Å². The summed E-state index contributed by atoms with van der Waals surface area (Å²) in [5.41, 5.74) is 4.40. The molecule has 1 N–H and O–H groups in total. The third-order valence-corrected chi connectivity index (χ3v) is 3.50. The summed E-state index contributed by atoms with van der Waals surface area (Å²) < 4.78 is 5.29. The molecule has 3 aromatic rings. The van der Waals surface area contributed by atoms with Crippen molar-refractivity contribution in [2.24, 2.45) is 0 Å². The second kappa shape index (κ2) is 5.40. The first kappa shape index (κ1) is 13.4. The van der Waals surface area contributed by atoms with Crippen LogP contribution in [0.15, 0.2) is 47.0 Å². The van der Waals surface area contributed by atoms with E-state index in [0.29, 0.717) is 18.1 Å². The van der Waals surface area contributed by atoms with Crippen LogP contribution in [0.4, 0.5) is 0 Å². The normalized spacial score (nSPS) is 10.8. The van der Waals surface area contributed by atoms with Crippen molar-refractivity contribution in [3.8, 4) is 17.1 Å². The Labute approximate surface area is 123 Å². The summed E-state index contributed by atoms with van der Waals surface area (Å²) in [7, 11) is 0. The lowest BCUT2D eigenvalue weighted by molar-refractivity contribution is 0.385. The number of phenols is 1. The molecular weight excluding hydrogens is 264 g/mol. The summed E-state index contributed by atoms with van der Waals surface area (Å²) in [6, 6.07) is 13.1. The number of nitrogens with zero attached hydrogens (tertiary/aromatic N) is 2. The van der Waals surface area contributed by atoms with E-state index < -0.39 is 0 Å². The molecular formula is C17H16N2O2. The van der Waals surface area contributed by atoms with Crippen molar-refractivity contribution in [1.29, 1.82) is 0 Å². The SMILES string of the molecule is Cc1ccc(Cc2nc(-c3cccc(O)c3)no2)cc1C. The van der Waals surface area contributed by atoms with Crippen LogP contribution in [0, 0.1) is 13.8 Å². The maximum absolute atomic E-state index is 9.49. The Morgan fingerprint density at radius 3 is 2.67 bits per heavy atom. The van der Waals surface area contributed by atoms with E-state index in [1.165, 1.54) is 11.1 Å². The molecule has 0 fully saturated rings. The minimum Gasteiger partial charge on any atom is -0.508 e. The lowest BCUT2D eigenvalue weighted by Crippen LogP contribution is -1.91. The number of rotatable bonds is 3. The lowest BCUT2D eigenvalue weighted by atomic mass is 10.0. The van der Waals surface area contributed by atoms with Crippen molar-refractivity contribution in [3.63, 3.8) is 0 Å². The van der Waals surface area contributed by atoms with E-state index in [4.69, 9.17) is 4.52 Å². The molecule has 21 heavy (non-hydrogen) atoms. The number of hydrogen-bond acceptors (Lipinski definition) is 4. The van der Waals surface area contributed by atoms with Crippen LogP contribution in [-0.4, -0.2) is 15.2 Å². The van der Waals surface area contributed by atoms with Crippen LogP contribution < -0.4 is 0 Å². The summed E-state index contributed by atoms with van der Waals surface area (Å²) in [6.07, 6.45) is 0.604. The predicted octanol–water partition coefficient (Wildman–Crippen LogP) is 3.65. The number of benzene rings is 2. The Hall–Kier alpha value is -2.62. The van der Waals surface area contributed by atoms with Gasteiger partial charge in [0.15, 0.2) is 0 Å². The predicted molar refractivity (Wildman–Crippen MR) is 80.1 cm³/mol. The fourth-order valence-corrected chi connectivity index (χ4v) is 2.18. The van der Waals surface area contributed by atoms with Crippen LogP contribution in [-0.2, 0) is 6.42 Å². The molecule has 0 spiro atoms. The minimum atomic E-state index is 0.188. The number of aryl methyl sites for hydroxylation is 2. The van der Waals surface area contributed by atoms with Gasteiger partial charge in [0.05, 0.1) is 6.42 Å². The van der Waals surface area contributed by atoms with Crippen molar-refractivity contribution < 1.29 is 9.63 Å². The van der Waals surface area contributed by atoms with E-state index in [1.807, 2.05) is 6.07 Å². The molecule has 0 saturated heterocycles. The zero-order valence-electron chi connectivity index (χ0n) is 12.0. The molecule has 0 atom stereocenters. The fourth-order valence-electron chi connectivity index (χ4n) is 2.18. The van der Waals surface area contributed by atoms with Crippen LogP contribution in [0.2, 0.25) is 0 Å². The molecule has 4 nitrogen and oxygen atoms in total. The highest BCUT2D eigenvalue weighted by Crippen LogP contribution is 2.21. The van der Waals surface area contributed by atoms with Gasteiger partial charge in [-0.1, -0.05) is 35.5 Å². The van der Waals surface area contributed by atoms with Gasteiger partial charge in [-0.2, -0.15) is 4.98 Å². The van der Waals surface area contributed by atoms with Crippen molar-refractivity contribution in [3.05, 3.63) is 65.0 Å². The Kier molecular flexibility index (Phi) is 3.44. The van der Waals surface area contributed by atoms with E-state index in [2.05, 4.69) is 42.2 Å². The zero-order chi connectivity index (χ0) is 14.8. The van der Waals surface area contributed by atoms with E-state index in [-0.39, 0.29) is 5.75 Å². The largest absolute Gasteiger partial charge is 0.508 e. The van der Waals surface area contributed by atoms with Gasteiger partial charge in [0, 0.05) is 5.56 Å². The van der Waals surface area contributed by atoms with E-state index in [9.17, 15) is 5.11 Å². The Morgan fingerprint density at radius 1 is 1.05 bits per heavy atom. The van der Waals surface area contributed by atoms with Crippen molar-refractivity contribution >= 4 is 0 Å². The molecule has 0 bridgehead atoms. The monoisotopic (exact) mass is 280 g/mol. The van der Waals surface area contributed by atoms with Crippen LogP contribution >= 0.6 is 0 Å². The van der Waals surface area contributed by atoms with Gasteiger partial charge in [-0.15, -0.1) is 0 Å². The van der Waals surface area contributed by atoms with Gasteiger partial charge in [0.2, 0.25) is 11.7 Å². The second-order valence-corrected chi connectivity index (χ2v) is 5.16. The second-order valence-electron chi connectivity index (χ2n) is 5.16. The molecule has 0 saturated carbocycles. The zero-order valence-corrected chi connectivity index (χ0v) is 12.0. The molecule has 3 rings (SSSR count). The molecule has 0 aliphatic rings. The third-order valence-electron chi connectivity index (χ3n) is 3.50. The summed E-state index contributed by atoms with van der Waals surface area (Å²) in [6.45, 7) is 4.18. The van der Waals surface area contributed by atoms with Gasteiger partial charge in [-0.25, -0.2) is 0 Å². The van der Waals surface area contributed by atoms with Crippen molar-refractivity contribution in [2.45, 2.75) is 20.3 Å². The molecule has 0 aliphatic carbocycles. The quantitative estimate of drug-likeness (QED) is 0.795. The van der Waals surface area contributed by atoms with Gasteiger partial charge >= 0.3 is 0 Å². The van der Waals surface area contributed by atoms with Gasteiger partial charge in [0.1, 0.15) is 5.75 Å². The smallest absolute Gasteiger partial charge is 0.231 e. The highest BCUT2D eigenvalue weighted by molar-refractivity contribution is 5.56. The van der Waals surface area contributed by atoms with Crippen LogP contribution in [0.5, 0.6) is 5.75 Å². The number of aromatic nitrogens is 2. The molecule has 4 heteroatoms. The third kappa shape index (κ3) is 2.94. The molecule has 1 aromatic heterocycles. The first-order valence-corrected chi connectivity index (χ1v) is 6.80. The summed E-state index contributed by atoms with van der Waals surface area (Å²) in [4.78, 5) is 4.38. The molecule has 2 aromatic carbocycles. The minimum absolute atomic E-state index is 0.188. The molecule has 0 unspecified atom stereocenters. The van der Waals surface area contributed by atoms with Crippen molar-refractivity contribution in [1.82, 2.24) is 10.1 Å². The number of aromatic hydroxyl groups is 1. The molecule has 0 radical (unpaired) electrons. The van der Waals surface area contributed by atoms with Gasteiger partial charge in [0.25, 0.3) is 0 Å². The van der Waals surface area contributed by atoms with Crippen LogP contribution in [0.25, 0.3) is 11.4 Å². The van der Waals surface area contributed by atoms with Crippen LogP contribution in [0.3, 0.4) is 0 Å².